The number of fused-ring (bicyclic) bond motifs is 1. The van der Waals surface area contributed by atoms with E-state index in [9.17, 15) is 9.59 Å². The van der Waals surface area contributed by atoms with E-state index in [4.69, 9.17) is 4.74 Å². The van der Waals surface area contributed by atoms with E-state index < -0.39 is 5.97 Å². The SMILES string of the molecule is C=CCOC(=O)c1cccc2[nH][nH]c(=O)c12. The Bertz CT molecular complexity index is 595. The molecule has 0 aliphatic heterocycles. The second kappa shape index (κ2) is 4.06. The fraction of sp³-hybridized carbons (Fsp3) is 0.0909. The number of carbonyl (C=O) groups is 1. The van der Waals surface area contributed by atoms with E-state index >= 15 is 0 Å². The van der Waals surface area contributed by atoms with Crippen LogP contribution in [0.4, 0.5) is 0 Å². The van der Waals surface area contributed by atoms with Gasteiger partial charge in [0.1, 0.15) is 6.61 Å². The van der Waals surface area contributed by atoms with Crippen molar-refractivity contribution in [3.05, 3.63) is 46.8 Å². The quantitative estimate of drug-likeness (QED) is 0.600. The number of esters is 1. The van der Waals surface area contributed by atoms with Crippen LogP contribution in [0.15, 0.2) is 35.6 Å². The first-order chi connectivity index (χ1) is 7.74. The Morgan fingerprint density at radius 2 is 2.25 bits per heavy atom. The van der Waals surface area contributed by atoms with E-state index in [1.165, 1.54) is 6.08 Å². The lowest BCUT2D eigenvalue weighted by Gasteiger charge is -2.01. The van der Waals surface area contributed by atoms with Gasteiger partial charge in [0.15, 0.2) is 0 Å². The van der Waals surface area contributed by atoms with Crippen LogP contribution in [0.2, 0.25) is 0 Å². The van der Waals surface area contributed by atoms with Gasteiger partial charge < -0.3 is 4.74 Å². The predicted molar refractivity (Wildman–Crippen MR) is 59.4 cm³/mol. The molecule has 0 aliphatic carbocycles. The van der Waals surface area contributed by atoms with Crippen molar-refractivity contribution < 1.29 is 9.53 Å². The Morgan fingerprint density at radius 1 is 1.44 bits per heavy atom. The third-order valence-corrected chi connectivity index (χ3v) is 2.15. The van der Waals surface area contributed by atoms with Crippen molar-refractivity contribution in [2.45, 2.75) is 0 Å². The zero-order chi connectivity index (χ0) is 11.5. The molecular formula is C11H10N2O3. The van der Waals surface area contributed by atoms with Crippen LogP contribution in [-0.2, 0) is 4.74 Å². The molecule has 2 N–H and O–H groups in total. The predicted octanol–water partition coefficient (Wildman–Crippen LogP) is 1.20. The van der Waals surface area contributed by atoms with Crippen molar-refractivity contribution in [3.63, 3.8) is 0 Å². The maximum absolute atomic E-state index is 11.6. The maximum atomic E-state index is 11.6. The van der Waals surface area contributed by atoms with Crippen LogP contribution in [0.3, 0.4) is 0 Å². The van der Waals surface area contributed by atoms with Crippen molar-refractivity contribution in [2.75, 3.05) is 6.61 Å². The molecule has 0 amide bonds. The van der Waals surface area contributed by atoms with E-state index in [1.54, 1.807) is 18.2 Å². The van der Waals surface area contributed by atoms with E-state index in [-0.39, 0.29) is 17.7 Å². The Morgan fingerprint density at radius 3 is 3.00 bits per heavy atom. The summed E-state index contributed by atoms with van der Waals surface area (Å²) in [6, 6.07) is 4.94. The molecule has 2 aromatic rings. The largest absolute Gasteiger partial charge is 0.458 e. The van der Waals surface area contributed by atoms with Crippen molar-refractivity contribution in [1.29, 1.82) is 0 Å². The number of aromatic nitrogens is 2. The van der Waals surface area contributed by atoms with Gasteiger partial charge in [-0.25, -0.2) is 4.79 Å². The summed E-state index contributed by atoms with van der Waals surface area (Å²) in [7, 11) is 0. The number of rotatable bonds is 3. The fourth-order valence-electron chi connectivity index (χ4n) is 1.47. The van der Waals surface area contributed by atoms with Crippen LogP contribution in [-0.4, -0.2) is 22.8 Å². The van der Waals surface area contributed by atoms with Gasteiger partial charge in [-0.1, -0.05) is 18.7 Å². The molecule has 0 spiro atoms. The summed E-state index contributed by atoms with van der Waals surface area (Å²) >= 11 is 0. The van der Waals surface area contributed by atoms with Gasteiger partial charge >= 0.3 is 5.97 Å². The lowest BCUT2D eigenvalue weighted by Crippen LogP contribution is -2.09. The number of benzene rings is 1. The standard InChI is InChI=1S/C11H10N2O3/c1-2-6-16-11(15)7-4-3-5-8-9(7)10(14)13-12-8/h2-5H,1,6H2,(H2,12,13,14). The van der Waals surface area contributed by atoms with Crippen molar-refractivity contribution in [3.8, 4) is 0 Å². The van der Waals surface area contributed by atoms with E-state index in [0.29, 0.717) is 10.9 Å². The zero-order valence-corrected chi connectivity index (χ0v) is 8.45. The molecule has 0 aliphatic rings. The van der Waals surface area contributed by atoms with Crippen molar-refractivity contribution >= 4 is 16.9 Å². The highest BCUT2D eigenvalue weighted by Crippen LogP contribution is 2.13. The first kappa shape index (κ1) is 10.2. The second-order valence-electron chi connectivity index (χ2n) is 3.19. The lowest BCUT2D eigenvalue weighted by atomic mass is 10.1. The van der Waals surface area contributed by atoms with Gasteiger partial charge in [-0.05, 0) is 12.1 Å². The number of ether oxygens (including phenoxy) is 1. The molecule has 0 saturated carbocycles. The lowest BCUT2D eigenvalue weighted by molar-refractivity contribution is 0.0552. The van der Waals surface area contributed by atoms with E-state index in [1.807, 2.05) is 0 Å². The fourth-order valence-corrected chi connectivity index (χ4v) is 1.47. The molecule has 5 nitrogen and oxygen atoms in total. The third kappa shape index (κ3) is 1.63. The molecule has 0 saturated heterocycles. The average molecular weight is 218 g/mol. The molecule has 0 radical (unpaired) electrons. The molecule has 0 unspecified atom stereocenters. The molecule has 2 rings (SSSR count). The molecule has 82 valence electrons. The summed E-state index contributed by atoms with van der Waals surface area (Å²) in [4.78, 5) is 23.1. The molecule has 1 aromatic heterocycles. The van der Waals surface area contributed by atoms with E-state index in [0.717, 1.165) is 0 Å². The summed E-state index contributed by atoms with van der Waals surface area (Å²) in [6.45, 7) is 3.57. The minimum absolute atomic E-state index is 0.123. The minimum atomic E-state index is -0.532. The molecule has 16 heavy (non-hydrogen) atoms. The van der Waals surface area contributed by atoms with E-state index in [2.05, 4.69) is 16.8 Å². The van der Waals surface area contributed by atoms with Gasteiger partial charge in [-0.3, -0.25) is 15.0 Å². The number of aromatic amines is 2. The number of hydrogen-bond donors (Lipinski definition) is 2. The number of H-pyrrole nitrogens is 2. The number of hydrogen-bond acceptors (Lipinski definition) is 3. The summed E-state index contributed by atoms with van der Waals surface area (Å²) in [5.74, 6) is -0.532. The third-order valence-electron chi connectivity index (χ3n) is 2.15. The summed E-state index contributed by atoms with van der Waals surface area (Å²) in [5.41, 5.74) is 0.501. The van der Waals surface area contributed by atoms with Crippen LogP contribution in [0.1, 0.15) is 10.4 Å². The Kier molecular flexibility index (Phi) is 2.59. The van der Waals surface area contributed by atoms with Crippen LogP contribution >= 0.6 is 0 Å². The van der Waals surface area contributed by atoms with Crippen LogP contribution in [0, 0.1) is 0 Å². The van der Waals surface area contributed by atoms with Crippen molar-refractivity contribution in [1.82, 2.24) is 10.2 Å². The number of carbonyl (C=O) groups excluding carboxylic acids is 1. The van der Waals surface area contributed by atoms with Gasteiger partial charge in [0, 0.05) is 0 Å². The van der Waals surface area contributed by atoms with Gasteiger partial charge in [-0.2, -0.15) is 0 Å². The first-order valence-electron chi connectivity index (χ1n) is 4.71. The second-order valence-corrected chi connectivity index (χ2v) is 3.19. The molecule has 5 heteroatoms. The molecule has 0 atom stereocenters. The average Bonchev–Trinajstić information content (AvgIpc) is 2.68. The molecule has 0 bridgehead atoms. The Balaban J connectivity index is 2.51. The highest BCUT2D eigenvalue weighted by Gasteiger charge is 2.14. The summed E-state index contributed by atoms with van der Waals surface area (Å²) in [5, 5.41) is 5.41. The summed E-state index contributed by atoms with van der Waals surface area (Å²) in [6.07, 6.45) is 1.47. The topological polar surface area (TPSA) is 75.0 Å². The first-order valence-corrected chi connectivity index (χ1v) is 4.71. The van der Waals surface area contributed by atoms with Crippen molar-refractivity contribution in [2.24, 2.45) is 0 Å². The van der Waals surface area contributed by atoms with Crippen LogP contribution < -0.4 is 5.56 Å². The van der Waals surface area contributed by atoms with Crippen LogP contribution in [0.25, 0.3) is 10.9 Å². The summed E-state index contributed by atoms with van der Waals surface area (Å²) < 4.78 is 4.89. The zero-order valence-electron chi connectivity index (χ0n) is 8.45. The highest BCUT2D eigenvalue weighted by molar-refractivity contribution is 6.03. The van der Waals surface area contributed by atoms with Gasteiger partial charge in [0.2, 0.25) is 0 Å². The molecular weight excluding hydrogens is 208 g/mol. The normalized spacial score (nSPS) is 10.2. The molecule has 1 heterocycles. The van der Waals surface area contributed by atoms with Gasteiger partial charge in [-0.15, -0.1) is 0 Å². The molecule has 1 aromatic carbocycles. The molecule has 0 fully saturated rings. The Labute approximate surface area is 90.7 Å². The Hall–Kier alpha value is -2.30. The van der Waals surface area contributed by atoms with Gasteiger partial charge in [0.25, 0.3) is 5.56 Å². The monoisotopic (exact) mass is 218 g/mol. The smallest absolute Gasteiger partial charge is 0.339 e. The van der Waals surface area contributed by atoms with Crippen LogP contribution in [0.5, 0.6) is 0 Å². The minimum Gasteiger partial charge on any atom is -0.458 e. The highest BCUT2D eigenvalue weighted by atomic mass is 16.5. The number of nitrogens with one attached hydrogen (secondary N) is 2. The van der Waals surface area contributed by atoms with Gasteiger partial charge in [0.05, 0.1) is 16.5 Å². The maximum Gasteiger partial charge on any atom is 0.339 e.